The predicted molar refractivity (Wildman–Crippen MR) is 136 cm³/mol. The zero-order valence-electron chi connectivity index (χ0n) is 20.3. The summed E-state index contributed by atoms with van der Waals surface area (Å²) in [4.78, 5) is 26.0. The second-order valence-electron chi connectivity index (χ2n) is 8.46. The number of ether oxygens (including phenoxy) is 3. The average Bonchev–Trinajstić information content (AvgIpc) is 3.45. The SMILES string of the molecule is CCOC(=O)Cc1c(C)cccc1OCc1nn(C2CCN(C(=O)OCC)C2)c2ccc(Br)cc12. The van der Waals surface area contributed by atoms with E-state index in [0.717, 1.165) is 38.6 Å². The Labute approximate surface area is 213 Å². The van der Waals surface area contributed by atoms with Gasteiger partial charge < -0.3 is 19.1 Å². The van der Waals surface area contributed by atoms with Crippen molar-refractivity contribution < 1.29 is 23.8 Å². The van der Waals surface area contributed by atoms with Gasteiger partial charge in [-0.3, -0.25) is 9.48 Å². The first kappa shape index (κ1) is 25.0. The molecule has 0 bridgehead atoms. The molecule has 35 heavy (non-hydrogen) atoms. The van der Waals surface area contributed by atoms with Gasteiger partial charge in [-0.1, -0.05) is 28.1 Å². The summed E-state index contributed by atoms with van der Waals surface area (Å²) < 4.78 is 19.5. The van der Waals surface area contributed by atoms with Gasteiger partial charge in [0.05, 0.1) is 31.2 Å². The Balaban J connectivity index is 1.59. The van der Waals surface area contributed by atoms with E-state index < -0.39 is 0 Å². The Morgan fingerprint density at radius 1 is 1.14 bits per heavy atom. The van der Waals surface area contributed by atoms with Crippen LogP contribution in [0.2, 0.25) is 0 Å². The van der Waals surface area contributed by atoms with E-state index in [1.807, 2.05) is 54.9 Å². The Morgan fingerprint density at radius 3 is 2.71 bits per heavy atom. The second-order valence-corrected chi connectivity index (χ2v) is 9.38. The summed E-state index contributed by atoms with van der Waals surface area (Å²) in [5.74, 6) is 0.364. The number of likely N-dealkylation sites (tertiary alicyclic amines) is 1. The number of aromatic nitrogens is 2. The van der Waals surface area contributed by atoms with E-state index >= 15 is 0 Å². The van der Waals surface area contributed by atoms with Crippen molar-refractivity contribution in [3.05, 3.63) is 57.7 Å². The molecule has 1 aromatic heterocycles. The second kappa shape index (κ2) is 11.1. The highest BCUT2D eigenvalue weighted by Crippen LogP contribution is 2.31. The summed E-state index contributed by atoms with van der Waals surface area (Å²) in [6.07, 6.45) is 0.668. The Hall–Kier alpha value is -3.07. The summed E-state index contributed by atoms with van der Waals surface area (Å²) in [6, 6.07) is 11.8. The number of aryl methyl sites for hydroxylation is 1. The minimum atomic E-state index is -0.286. The van der Waals surface area contributed by atoms with Gasteiger partial charge >= 0.3 is 12.1 Å². The highest BCUT2D eigenvalue weighted by atomic mass is 79.9. The van der Waals surface area contributed by atoms with Gasteiger partial charge in [-0.05, 0) is 57.0 Å². The van der Waals surface area contributed by atoms with Crippen LogP contribution < -0.4 is 4.74 Å². The number of hydrogen-bond donors (Lipinski definition) is 0. The van der Waals surface area contributed by atoms with Crippen molar-refractivity contribution in [2.24, 2.45) is 0 Å². The number of halogens is 1. The quantitative estimate of drug-likeness (QED) is 0.363. The summed E-state index contributed by atoms with van der Waals surface area (Å²) in [5.41, 5.74) is 3.56. The van der Waals surface area contributed by atoms with Crippen LogP contribution in [0.4, 0.5) is 4.79 Å². The normalized spacial score (nSPS) is 15.4. The number of fused-ring (bicyclic) bond motifs is 1. The van der Waals surface area contributed by atoms with Gasteiger partial charge in [0.25, 0.3) is 0 Å². The number of hydrogen-bond acceptors (Lipinski definition) is 6. The molecule has 0 aliphatic carbocycles. The first-order valence-corrected chi connectivity index (χ1v) is 12.7. The highest BCUT2D eigenvalue weighted by Gasteiger charge is 2.30. The van der Waals surface area contributed by atoms with Gasteiger partial charge in [-0.15, -0.1) is 0 Å². The van der Waals surface area contributed by atoms with E-state index in [2.05, 4.69) is 15.9 Å². The van der Waals surface area contributed by atoms with Crippen LogP contribution in [0.15, 0.2) is 40.9 Å². The van der Waals surface area contributed by atoms with E-state index in [9.17, 15) is 9.59 Å². The molecule has 0 radical (unpaired) electrons. The van der Waals surface area contributed by atoms with Crippen LogP contribution in [0.25, 0.3) is 10.9 Å². The third-order valence-electron chi connectivity index (χ3n) is 6.14. The fourth-order valence-corrected chi connectivity index (χ4v) is 4.78. The molecule has 1 amide bonds. The van der Waals surface area contributed by atoms with Crippen LogP contribution in [0.5, 0.6) is 5.75 Å². The molecule has 1 fully saturated rings. The molecule has 1 atom stereocenters. The smallest absolute Gasteiger partial charge is 0.409 e. The summed E-state index contributed by atoms with van der Waals surface area (Å²) in [6.45, 7) is 7.68. The number of benzene rings is 2. The number of esters is 1. The molecule has 1 unspecified atom stereocenters. The average molecular weight is 544 g/mol. The van der Waals surface area contributed by atoms with Crippen LogP contribution in [-0.2, 0) is 27.3 Å². The van der Waals surface area contributed by atoms with Gasteiger partial charge in [0, 0.05) is 28.5 Å². The third-order valence-corrected chi connectivity index (χ3v) is 6.63. The molecule has 8 nitrogen and oxygen atoms in total. The lowest BCUT2D eigenvalue weighted by atomic mass is 10.0. The Kier molecular flexibility index (Phi) is 7.95. The van der Waals surface area contributed by atoms with Crippen molar-refractivity contribution in [3.8, 4) is 5.75 Å². The molecular weight excluding hydrogens is 514 g/mol. The highest BCUT2D eigenvalue weighted by molar-refractivity contribution is 9.10. The fourth-order valence-electron chi connectivity index (χ4n) is 4.42. The van der Waals surface area contributed by atoms with E-state index in [1.54, 1.807) is 11.8 Å². The molecule has 1 aliphatic heterocycles. The largest absolute Gasteiger partial charge is 0.487 e. The van der Waals surface area contributed by atoms with Crippen molar-refractivity contribution in [1.29, 1.82) is 0 Å². The number of amides is 1. The van der Waals surface area contributed by atoms with Crippen molar-refractivity contribution >= 4 is 38.9 Å². The molecule has 1 saturated heterocycles. The van der Waals surface area contributed by atoms with Crippen LogP contribution in [0.3, 0.4) is 0 Å². The molecule has 9 heteroatoms. The number of carbonyl (C=O) groups is 2. The van der Waals surface area contributed by atoms with Crippen molar-refractivity contribution in [2.45, 2.75) is 46.3 Å². The maximum absolute atomic E-state index is 12.2. The molecule has 0 spiro atoms. The number of rotatable bonds is 8. The standard InChI is InChI=1S/C26H30BrN3O5/c1-4-33-25(31)14-20-17(3)7-6-8-24(20)35-16-22-21-13-18(27)9-10-23(21)30(28-22)19-11-12-29(15-19)26(32)34-5-2/h6-10,13,19H,4-5,11-12,14-16H2,1-3H3. The van der Waals surface area contributed by atoms with Crippen LogP contribution >= 0.6 is 15.9 Å². The number of nitrogens with zero attached hydrogens (tertiary/aromatic N) is 3. The number of carbonyl (C=O) groups excluding carboxylic acids is 2. The van der Waals surface area contributed by atoms with Gasteiger partial charge in [0.15, 0.2) is 0 Å². The third kappa shape index (κ3) is 5.61. The maximum atomic E-state index is 12.2. The van der Waals surface area contributed by atoms with E-state index in [-0.39, 0.29) is 31.1 Å². The van der Waals surface area contributed by atoms with E-state index in [4.69, 9.17) is 19.3 Å². The topological polar surface area (TPSA) is 82.9 Å². The van der Waals surface area contributed by atoms with Crippen LogP contribution in [-0.4, -0.2) is 53.0 Å². The predicted octanol–water partition coefficient (Wildman–Crippen LogP) is 5.20. The van der Waals surface area contributed by atoms with Crippen molar-refractivity contribution in [1.82, 2.24) is 14.7 Å². The zero-order valence-corrected chi connectivity index (χ0v) is 21.8. The summed E-state index contributed by atoms with van der Waals surface area (Å²) in [5, 5.41) is 5.89. The lowest BCUT2D eigenvalue weighted by Crippen LogP contribution is -2.29. The zero-order chi connectivity index (χ0) is 24.9. The molecular formula is C26H30BrN3O5. The maximum Gasteiger partial charge on any atom is 0.409 e. The first-order valence-electron chi connectivity index (χ1n) is 11.9. The lowest BCUT2D eigenvalue weighted by molar-refractivity contribution is -0.142. The molecule has 0 N–H and O–H groups in total. The molecule has 186 valence electrons. The lowest BCUT2D eigenvalue weighted by Gasteiger charge is -2.16. The summed E-state index contributed by atoms with van der Waals surface area (Å²) >= 11 is 3.57. The fraction of sp³-hybridized carbons (Fsp3) is 0.423. The van der Waals surface area contributed by atoms with Crippen molar-refractivity contribution in [3.63, 3.8) is 0 Å². The van der Waals surface area contributed by atoms with Crippen LogP contribution in [0, 0.1) is 6.92 Å². The first-order chi connectivity index (χ1) is 16.9. The van der Waals surface area contributed by atoms with E-state index in [1.165, 1.54) is 0 Å². The minimum absolute atomic E-state index is 0.0511. The molecule has 2 heterocycles. The monoisotopic (exact) mass is 543 g/mol. The Morgan fingerprint density at radius 2 is 1.94 bits per heavy atom. The molecule has 4 rings (SSSR count). The van der Waals surface area contributed by atoms with Gasteiger partial charge in [-0.25, -0.2) is 4.79 Å². The van der Waals surface area contributed by atoms with Gasteiger partial charge in [0.2, 0.25) is 0 Å². The molecule has 2 aromatic carbocycles. The molecule has 1 aliphatic rings. The molecule has 3 aromatic rings. The summed E-state index contributed by atoms with van der Waals surface area (Å²) in [7, 11) is 0. The van der Waals surface area contributed by atoms with E-state index in [0.29, 0.717) is 32.1 Å². The minimum Gasteiger partial charge on any atom is -0.487 e. The van der Waals surface area contributed by atoms with Crippen molar-refractivity contribution in [2.75, 3.05) is 26.3 Å². The Bertz CT molecular complexity index is 1230. The van der Waals surface area contributed by atoms with Gasteiger partial charge in [0.1, 0.15) is 18.1 Å². The molecule has 0 saturated carbocycles. The van der Waals surface area contributed by atoms with Gasteiger partial charge in [-0.2, -0.15) is 5.10 Å². The van der Waals surface area contributed by atoms with Crippen LogP contribution in [0.1, 0.15) is 43.1 Å².